The molecule has 0 atom stereocenters. The number of sulfonamides is 1. The van der Waals surface area contributed by atoms with Gasteiger partial charge in [0.1, 0.15) is 5.82 Å². The largest absolute Gasteiger partial charge is 0.280 e. The molecule has 2 N–H and O–H groups in total. The maximum atomic E-state index is 14.6. The number of H-pyrrole nitrogens is 1. The van der Waals surface area contributed by atoms with E-state index in [1.165, 1.54) is 6.20 Å². The van der Waals surface area contributed by atoms with Crippen molar-refractivity contribution < 1.29 is 17.2 Å². The fourth-order valence-corrected chi connectivity index (χ4v) is 3.79. The van der Waals surface area contributed by atoms with Gasteiger partial charge in [0.25, 0.3) is 0 Å². The first-order valence-corrected chi connectivity index (χ1v) is 9.29. The van der Waals surface area contributed by atoms with Crippen LogP contribution in [-0.2, 0) is 10.0 Å². The monoisotopic (exact) mass is 374 g/mol. The minimum absolute atomic E-state index is 0.314. The van der Waals surface area contributed by atoms with E-state index < -0.39 is 32.5 Å². The molecule has 1 aliphatic rings. The first-order valence-electron chi connectivity index (χ1n) is 7.75. The van der Waals surface area contributed by atoms with Crippen molar-refractivity contribution in [3.63, 3.8) is 0 Å². The SMILES string of the molecule is O=S(=O)(Nc1ccc(F)c(C#Cc2cnc3[nH]ncc3c2)c1F)C1CC1. The summed E-state index contributed by atoms with van der Waals surface area (Å²) in [5, 5.41) is 6.71. The maximum absolute atomic E-state index is 14.6. The van der Waals surface area contributed by atoms with Crippen molar-refractivity contribution in [2.75, 3.05) is 4.72 Å². The van der Waals surface area contributed by atoms with Crippen LogP contribution in [0.25, 0.3) is 11.0 Å². The zero-order chi connectivity index (χ0) is 18.3. The van der Waals surface area contributed by atoms with Gasteiger partial charge in [-0.2, -0.15) is 5.10 Å². The number of rotatable bonds is 3. The van der Waals surface area contributed by atoms with Gasteiger partial charge in [-0.3, -0.25) is 9.82 Å². The Labute approximate surface area is 147 Å². The normalized spacial score (nSPS) is 14.1. The van der Waals surface area contributed by atoms with E-state index in [-0.39, 0.29) is 5.69 Å². The Morgan fingerprint density at radius 3 is 2.77 bits per heavy atom. The third-order valence-corrected chi connectivity index (χ3v) is 5.78. The van der Waals surface area contributed by atoms with E-state index in [2.05, 4.69) is 31.7 Å². The lowest BCUT2D eigenvalue weighted by Gasteiger charge is -2.09. The van der Waals surface area contributed by atoms with Crippen LogP contribution in [0.5, 0.6) is 0 Å². The molecule has 1 aliphatic carbocycles. The molecule has 0 spiro atoms. The van der Waals surface area contributed by atoms with Crippen molar-refractivity contribution in [2.45, 2.75) is 18.1 Å². The number of anilines is 1. The zero-order valence-corrected chi connectivity index (χ0v) is 14.1. The Kier molecular flexibility index (Phi) is 3.85. The molecule has 2 aromatic heterocycles. The van der Waals surface area contributed by atoms with Gasteiger partial charge in [0.2, 0.25) is 10.0 Å². The lowest BCUT2D eigenvalue weighted by Crippen LogP contribution is -2.18. The summed E-state index contributed by atoms with van der Waals surface area (Å²) in [6.45, 7) is 0. The molecule has 0 bridgehead atoms. The van der Waals surface area contributed by atoms with Crippen molar-refractivity contribution in [3.8, 4) is 11.8 Å². The lowest BCUT2D eigenvalue weighted by atomic mass is 10.1. The highest BCUT2D eigenvalue weighted by atomic mass is 32.2. The molecule has 0 saturated heterocycles. The van der Waals surface area contributed by atoms with E-state index in [4.69, 9.17) is 0 Å². The van der Waals surface area contributed by atoms with Crippen LogP contribution < -0.4 is 4.72 Å². The number of pyridine rings is 1. The maximum Gasteiger partial charge on any atom is 0.235 e. The predicted molar refractivity (Wildman–Crippen MR) is 91.8 cm³/mol. The first kappa shape index (κ1) is 16.5. The van der Waals surface area contributed by atoms with E-state index in [9.17, 15) is 17.2 Å². The van der Waals surface area contributed by atoms with Crippen molar-refractivity contribution in [3.05, 3.63) is 53.4 Å². The second-order valence-electron chi connectivity index (χ2n) is 5.91. The van der Waals surface area contributed by atoms with Gasteiger partial charge in [-0.05, 0) is 31.0 Å². The van der Waals surface area contributed by atoms with Gasteiger partial charge in [0.05, 0.1) is 22.7 Å². The molecular formula is C17H12F2N4O2S. The minimum atomic E-state index is -3.66. The number of hydrogen-bond donors (Lipinski definition) is 2. The highest BCUT2D eigenvalue weighted by Crippen LogP contribution is 2.31. The molecule has 0 aliphatic heterocycles. The zero-order valence-electron chi connectivity index (χ0n) is 13.3. The molecule has 9 heteroatoms. The third-order valence-electron chi connectivity index (χ3n) is 3.93. The highest BCUT2D eigenvalue weighted by molar-refractivity contribution is 7.93. The topological polar surface area (TPSA) is 87.7 Å². The van der Waals surface area contributed by atoms with E-state index in [0.717, 1.165) is 12.1 Å². The number of fused-ring (bicyclic) bond motifs is 1. The first-order chi connectivity index (χ1) is 12.4. The summed E-state index contributed by atoms with van der Waals surface area (Å²) >= 11 is 0. The fraction of sp³-hybridized carbons (Fsp3) is 0.176. The highest BCUT2D eigenvalue weighted by Gasteiger charge is 2.36. The van der Waals surface area contributed by atoms with Crippen molar-refractivity contribution in [1.82, 2.24) is 15.2 Å². The number of nitrogens with zero attached hydrogens (tertiary/aromatic N) is 2. The Morgan fingerprint density at radius 2 is 2.00 bits per heavy atom. The van der Waals surface area contributed by atoms with Gasteiger partial charge >= 0.3 is 0 Å². The van der Waals surface area contributed by atoms with E-state index in [0.29, 0.717) is 29.4 Å². The van der Waals surface area contributed by atoms with Crippen molar-refractivity contribution in [2.24, 2.45) is 0 Å². The number of nitrogens with one attached hydrogen (secondary N) is 2. The second kappa shape index (κ2) is 6.07. The Bertz CT molecular complexity index is 1170. The summed E-state index contributed by atoms with van der Waals surface area (Å²) < 4.78 is 54.6. The summed E-state index contributed by atoms with van der Waals surface area (Å²) in [5.41, 5.74) is 0.199. The van der Waals surface area contributed by atoms with Gasteiger partial charge in [-0.15, -0.1) is 0 Å². The molecule has 0 amide bonds. The fourth-order valence-electron chi connectivity index (χ4n) is 2.40. The van der Waals surface area contributed by atoms with Gasteiger partial charge in [0, 0.05) is 17.1 Å². The molecule has 132 valence electrons. The van der Waals surface area contributed by atoms with Gasteiger partial charge < -0.3 is 0 Å². The van der Waals surface area contributed by atoms with Crippen LogP contribution >= 0.6 is 0 Å². The van der Waals surface area contributed by atoms with Crippen LogP contribution in [0.3, 0.4) is 0 Å². The second-order valence-corrected chi connectivity index (χ2v) is 7.87. The number of aromatic amines is 1. The van der Waals surface area contributed by atoms with Crippen LogP contribution in [0.2, 0.25) is 0 Å². The van der Waals surface area contributed by atoms with E-state index in [1.54, 1.807) is 12.3 Å². The average molecular weight is 374 g/mol. The summed E-state index contributed by atoms with van der Waals surface area (Å²) in [5.74, 6) is 3.14. The Hall–Kier alpha value is -2.99. The summed E-state index contributed by atoms with van der Waals surface area (Å²) in [4.78, 5) is 4.09. The van der Waals surface area contributed by atoms with Gasteiger partial charge in [-0.1, -0.05) is 11.8 Å². The molecule has 1 fully saturated rings. The summed E-state index contributed by atoms with van der Waals surface area (Å²) in [7, 11) is -3.66. The van der Waals surface area contributed by atoms with Crippen LogP contribution in [0.4, 0.5) is 14.5 Å². The number of halogens is 2. The van der Waals surface area contributed by atoms with Crippen LogP contribution in [0.15, 0.2) is 30.6 Å². The van der Waals surface area contributed by atoms with Crippen LogP contribution in [0, 0.1) is 23.5 Å². The third kappa shape index (κ3) is 3.11. The Morgan fingerprint density at radius 1 is 1.19 bits per heavy atom. The molecule has 1 saturated carbocycles. The number of hydrogen-bond acceptors (Lipinski definition) is 4. The summed E-state index contributed by atoms with van der Waals surface area (Å²) in [6.07, 6.45) is 4.08. The number of benzene rings is 1. The standard InChI is InChI=1S/C17H12F2N4O2S/c18-14-5-6-15(23-26(24,25)12-2-3-12)16(19)13(14)4-1-10-7-11-9-21-22-17(11)20-8-10/h5-9,12,23H,2-3H2,(H,20,21,22). The molecular weight excluding hydrogens is 362 g/mol. The number of aromatic nitrogens is 3. The molecule has 3 aromatic rings. The molecule has 6 nitrogen and oxygen atoms in total. The van der Waals surface area contributed by atoms with E-state index in [1.807, 2.05) is 0 Å². The molecule has 1 aromatic carbocycles. The smallest absolute Gasteiger partial charge is 0.235 e. The molecule has 0 unspecified atom stereocenters. The summed E-state index contributed by atoms with van der Waals surface area (Å²) in [6, 6.07) is 3.71. The minimum Gasteiger partial charge on any atom is -0.280 e. The van der Waals surface area contributed by atoms with Crippen LogP contribution in [-0.4, -0.2) is 28.8 Å². The lowest BCUT2D eigenvalue weighted by molar-refractivity contribution is 0.577. The molecule has 26 heavy (non-hydrogen) atoms. The molecule has 0 radical (unpaired) electrons. The van der Waals surface area contributed by atoms with Crippen LogP contribution in [0.1, 0.15) is 24.0 Å². The van der Waals surface area contributed by atoms with Gasteiger partial charge in [-0.25, -0.2) is 22.2 Å². The van der Waals surface area contributed by atoms with Crippen molar-refractivity contribution in [1.29, 1.82) is 0 Å². The van der Waals surface area contributed by atoms with Crippen molar-refractivity contribution >= 4 is 26.7 Å². The quantitative estimate of drug-likeness (QED) is 0.690. The molecule has 2 heterocycles. The van der Waals surface area contributed by atoms with E-state index >= 15 is 0 Å². The Balaban J connectivity index is 1.69. The predicted octanol–water partition coefficient (Wildman–Crippen LogP) is 2.54. The molecule has 4 rings (SSSR count). The average Bonchev–Trinajstić information content (AvgIpc) is 3.37. The van der Waals surface area contributed by atoms with Gasteiger partial charge in [0.15, 0.2) is 11.5 Å².